The molecule has 0 aliphatic heterocycles. The number of fused-ring (bicyclic) bond motifs is 1. The monoisotopic (exact) mass is 394 g/mol. The molecule has 0 radical (unpaired) electrons. The van der Waals surface area contributed by atoms with Gasteiger partial charge in [0.2, 0.25) is 5.91 Å². The maximum Gasteiger partial charge on any atom is 0.266 e. The second kappa shape index (κ2) is 6.89. The van der Waals surface area contributed by atoms with Crippen molar-refractivity contribution in [2.45, 2.75) is 11.4 Å². The number of carbonyl (C=O) groups excluding carboxylic acids is 1. The Balaban J connectivity index is 1.86. The van der Waals surface area contributed by atoms with Gasteiger partial charge in [0.05, 0.1) is 17.2 Å². The molecule has 0 saturated heterocycles. The molecule has 0 spiro atoms. The van der Waals surface area contributed by atoms with E-state index in [0.717, 1.165) is 6.20 Å². The van der Waals surface area contributed by atoms with Crippen LogP contribution >= 0.6 is 11.6 Å². The molecule has 2 heterocycles. The highest BCUT2D eigenvalue weighted by Crippen LogP contribution is 2.23. The van der Waals surface area contributed by atoms with Crippen LogP contribution in [-0.4, -0.2) is 53.1 Å². The molecular weight excluding hydrogens is 380 g/mol. The molecule has 0 saturated carbocycles. The second-order valence-electron chi connectivity index (χ2n) is 5.62. The highest BCUT2D eigenvalue weighted by atomic mass is 35.5. The topological polar surface area (TPSA) is 110 Å². The predicted molar refractivity (Wildman–Crippen MR) is 96.3 cm³/mol. The predicted octanol–water partition coefficient (Wildman–Crippen LogP) is 1.37. The van der Waals surface area contributed by atoms with Crippen LogP contribution in [0.15, 0.2) is 41.6 Å². The van der Waals surface area contributed by atoms with Crippen molar-refractivity contribution in [1.82, 2.24) is 24.6 Å². The summed E-state index contributed by atoms with van der Waals surface area (Å²) in [6, 6.07) is 6.95. The van der Waals surface area contributed by atoms with Gasteiger partial charge in [0, 0.05) is 20.3 Å². The van der Waals surface area contributed by atoms with Crippen LogP contribution in [0.3, 0.4) is 0 Å². The van der Waals surface area contributed by atoms with Crippen molar-refractivity contribution >= 4 is 44.4 Å². The maximum absolute atomic E-state index is 12.5. The fraction of sp³-hybridized carbons (Fsp3) is 0.200. The fourth-order valence-corrected chi connectivity index (χ4v) is 3.28. The van der Waals surface area contributed by atoms with Gasteiger partial charge in [0.15, 0.2) is 11.0 Å². The minimum Gasteiger partial charge on any atom is -0.347 e. The third-order valence-corrected chi connectivity index (χ3v) is 5.03. The van der Waals surface area contributed by atoms with E-state index in [4.69, 9.17) is 11.6 Å². The molecule has 0 fully saturated rings. The van der Waals surface area contributed by atoms with Gasteiger partial charge < -0.3 is 4.90 Å². The van der Waals surface area contributed by atoms with Crippen LogP contribution < -0.4 is 4.72 Å². The number of para-hydroxylation sites is 2. The van der Waals surface area contributed by atoms with Crippen molar-refractivity contribution in [3.05, 3.63) is 41.8 Å². The fourth-order valence-electron chi connectivity index (χ4n) is 2.08. The Morgan fingerprint density at radius 3 is 2.54 bits per heavy atom. The van der Waals surface area contributed by atoms with E-state index >= 15 is 0 Å². The Kier molecular flexibility index (Phi) is 4.79. The van der Waals surface area contributed by atoms with Gasteiger partial charge in [-0.3, -0.25) is 14.2 Å². The third-order valence-electron chi connectivity index (χ3n) is 3.47. The number of likely N-dealkylation sites (N-methyl/N-ethyl adjacent to an activating group) is 1. The summed E-state index contributed by atoms with van der Waals surface area (Å²) in [6.07, 6.45) is 2.40. The van der Waals surface area contributed by atoms with Crippen molar-refractivity contribution in [3.8, 4) is 0 Å². The zero-order chi connectivity index (χ0) is 18.9. The lowest BCUT2D eigenvalue weighted by molar-refractivity contribution is -0.129. The molecule has 0 aliphatic carbocycles. The minimum absolute atomic E-state index is 0.0672. The molecule has 0 atom stereocenters. The molecular formula is C15H15ClN6O3S. The highest BCUT2D eigenvalue weighted by molar-refractivity contribution is 7.92. The number of hydrogen-bond donors (Lipinski definition) is 1. The number of aromatic nitrogens is 4. The molecule has 1 N–H and O–H groups in total. The van der Waals surface area contributed by atoms with Crippen molar-refractivity contribution < 1.29 is 13.2 Å². The van der Waals surface area contributed by atoms with Gasteiger partial charge in [-0.05, 0) is 12.1 Å². The maximum atomic E-state index is 12.5. The van der Waals surface area contributed by atoms with Crippen LogP contribution in [0.4, 0.5) is 5.82 Å². The number of halogens is 1. The van der Waals surface area contributed by atoms with E-state index in [9.17, 15) is 13.2 Å². The number of nitrogens with zero attached hydrogens (tertiary/aromatic N) is 5. The van der Waals surface area contributed by atoms with E-state index in [1.807, 2.05) is 0 Å². The number of nitrogens with one attached hydrogen (secondary N) is 1. The molecule has 0 bridgehead atoms. The molecule has 9 nitrogen and oxygen atoms in total. The van der Waals surface area contributed by atoms with Crippen LogP contribution in [-0.2, 0) is 21.4 Å². The molecule has 26 heavy (non-hydrogen) atoms. The Morgan fingerprint density at radius 2 is 1.88 bits per heavy atom. The molecule has 0 aliphatic rings. The molecule has 1 amide bonds. The van der Waals surface area contributed by atoms with E-state index in [0.29, 0.717) is 11.0 Å². The quantitative estimate of drug-likeness (QED) is 0.699. The van der Waals surface area contributed by atoms with E-state index in [2.05, 4.69) is 19.8 Å². The van der Waals surface area contributed by atoms with Crippen molar-refractivity contribution in [2.24, 2.45) is 0 Å². The molecule has 136 valence electrons. The first-order chi connectivity index (χ1) is 12.3. The summed E-state index contributed by atoms with van der Waals surface area (Å²) in [6.45, 7) is -0.0704. The Hall–Kier alpha value is -2.72. The lowest BCUT2D eigenvalue weighted by Crippen LogP contribution is -2.26. The molecule has 2 aromatic heterocycles. The van der Waals surface area contributed by atoms with Gasteiger partial charge in [-0.1, -0.05) is 23.7 Å². The van der Waals surface area contributed by atoms with Gasteiger partial charge in [-0.25, -0.2) is 18.4 Å². The summed E-state index contributed by atoms with van der Waals surface area (Å²) in [4.78, 5) is 21.3. The standard InChI is InChI=1S/C15H15ClN6O3S/c1-21(2)13(23)9-22-8-10(7-17-22)26(24,25)20-15-14(16)18-11-5-3-4-6-12(11)19-15/h3-8H,9H2,1-2H3,(H,19,20). The van der Waals surface area contributed by atoms with Crippen molar-refractivity contribution in [2.75, 3.05) is 18.8 Å². The van der Waals surface area contributed by atoms with Crippen LogP contribution in [0.2, 0.25) is 5.15 Å². The van der Waals surface area contributed by atoms with Gasteiger partial charge in [-0.2, -0.15) is 5.10 Å². The largest absolute Gasteiger partial charge is 0.347 e. The highest BCUT2D eigenvalue weighted by Gasteiger charge is 2.20. The number of carbonyl (C=O) groups is 1. The molecule has 0 unspecified atom stereocenters. The van der Waals surface area contributed by atoms with E-state index in [1.165, 1.54) is 15.8 Å². The normalized spacial score (nSPS) is 11.5. The van der Waals surface area contributed by atoms with Crippen LogP contribution in [0.25, 0.3) is 11.0 Å². The SMILES string of the molecule is CN(C)C(=O)Cn1cc(S(=O)(=O)Nc2nc3ccccc3nc2Cl)cn1. The van der Waals surface area contributed by atoms with Crippen molar-refractivity contribution in [1.29, 1.82) is 0 Å². The third kappa shape index (κ3) is 3.75. The summed E-state index contributed by atoms with van der Waals surface area (Å²) in [7, 11) is -0.780. The van der Waals surface area contributed by atoms with E-state index in [-0.39, 0.29) is 28.3 Å². The first-order valence-electron chi connectivity index (χ1n) is 7.44. The number of amides is 1. The molecule has 3 aromatic rings. The van der Waals surface area contributed by atoms with Crippen molar-refractivity contribution in [3.63, 3.8) is 0 Å². The second-order valence-corrected chi connectivity index (χ2v) is 7.66. The first-order valence-corrected chi connectivity index (χ1v) is 9.30. The number of rotatable bonds is 5. The van der Waals surface area contributed by atoms with Gasteiger partial charge >= 0.3 is 0 Å². The Bertz CT molecular complexity index is 1080. The van der Waals surface area contributed by atoms with E-state index < -0.39 is 10.0 Å². The summed E-state index contributed by atoms with van der Waals surface area (Å²) in [5, 5.41) is 3.83. The Morgan fingerprint density at radius 1 is 1.23 bits per heavy atom. The zero-order valence-corrected chi connectivity index (χ0v) is 15.5. The van der Waals surface area contributed by atoms with Gasteiger partial charge in [0.1, 0.15) is 11.4 Å². The minimum atomic E-state index is -3.98. The first kappa shape index (κ1) is 18.1. The Labute approximate surface area is 154 Å². The van der Waals surface area contributed by atoms with Crippen LogP contribution in [0, 0.1) is 0 Å². The smallest absolute Gasteiger partial charge is 0.266 e. The average molecular weight is 395 g/mol. The number of anilines is 1. The number of hydrogen-bond acceptors (Lipinski definition) is 6. The summed E-state index contributed by atoms with van der Waals surface area (Å²) in [5.41, 5.74) is 1.05. The molecule has 3 rings (SSSR count). The van der Waals surface area contributed by atoms with Gasteiger partial charge in [0.25, 0.3) is 10.0 Å². The molecule has 11 heteroatoms. The lowest BCUT2D eigenvalue weighted by Gasteiger charge is -2.09. The summed E-state index contributed by atoms with van der Waals surface area (Å²) >= 11 is 6.03. The number of benzene rings is 1. The number of sulfonamides is 1. The van der Waals surface area contributed by atoms with Gasteiger partial charge in [-0.15, -0.1) is 0 Å². The summed E-state index contributed by atoms with van der Waals surface area (Å²) < 4.78 is 28.6. The molecule has 1 aromatic carbocycles. The zero-order valence-electron chi connectivity index (χ0n) is 13.9. The van der Waals surface area contributed by atoms with Crippen LogP contribution in [0.5, 0.6) is 0 Å². The lowest BCUT2D eigenvalue weighted by atomic mass is 10.3. The van der Waals surface area contributed by atoms with Crippen LogP contribution in [0.1, 0.15) is 0 Å². The average Bonchev–Trinajstić information content (AvgIpc) is 3.04. The summed E-state index contributed by atoms with van der Waals surface area (Å²) in [5.74, 6) is -0.295. The van der Waals surface area contributed by atoms with E-state index in [1.54, 1.807) is 38.4 Å².